The number of thiazole rings is 1. The van der Waals surface area contributed by atoms with Crippen molar-refractivity contribution in [1.29, 1.82) is 0 Å². The summed E-state index contributed by atoms with van der Waals surface area (Å²) in [6.07, 6.45) is 1.80. The van der Waals surface area contributed by atoms with Crippen LogP contribution in [-0.2, 0) is 16.4 Å². The first-order valence-corrected chi connectivity index (χ1v) is 8.09. The van der Waals surface area contributed by atoms with Gasteiger partial charge in [0.25, 0.3) is 0 Å². The SMILES string of the molecule is CCS(=O)(=O)c1cccc(NCc2cncs2)c1. The quantitative estimate of drug-likeness (QED) is 0.915. The zero-order valence-corrected chi connectivity index (χ0v) is 11.6. The van der Waals surface area contributed by atoms with E-state index in [1.807, 2.05) is 6.07 Å². The topological polar surface area (TPSA) is 59.1 Å². The molecular formula is C12H14N2O2S2. The number of hydrogen-bond donors (Lipinski definition) is 1. The van der Waals surface area contributed by atoms with Crippen LogP contribution in [0.5, 0.6) is 0 Å². The summed E-state index contributed by atoms with van der Waals surface area (Å²) >= 11 is 1.56. The van der Waals surface area contributed by atoms with Crippen molar-refractivity contribution in [3.8, 4) is 0 Å². The summed E-state index contributed by atoms with van der Waals surface area (Å²) in [5.41, 5.74) is 2.58. The summed E-state index contributed by atoms with van der Waals surface area (Å²) in [4.78, 5) is 5.46. The lowest BCUT2D eigenvalue weighted by molar-refractivity contribution is 0.597. The molecule has 0 bridgehead atoms. The highest BCUT2D eigenvalue weighted by molar-refractivity contribution is 7.91. The van der Waals surface area contributed by atoms with Gasteiger partial charge in [-0.2, -0.15) is 0 Å². The second-order valence-electron chi connectivity index (χ2n) is 3.75. The molecule has 6 heteroatoms. The first kappa shape index (κ1) is 13.0. The van der Waals surface area contributed by atoms with E-state index < -0.39 is 9.84 Å². The van der Waals surface area contributed by atoms with Crippen LogP contribution in [0.1, 0.15) is 11.8 Å². The third-order valence-electron chi connectivity index (χ3n) is 2.52. The van der Waals surface area contributed by atoms with Crippen molar-refractivity contribution < 1.29 is 8.42 Å². The van der Waals surface area contributed by atoms with Gasteiger partial charge < -0.3 is 5.32 Å². The minimum Gasteiger partial charge on any atom is -0.380 e. The maximum absolute atomic E-state index is 11.8. The van der Waals surface area contributed by atoms with E-state index in [1.165, 1.54) is 0 Å². The summed E-state index contributed by atoms with van der Waals surface area (Å²) in [6, 6.07) is 6.89. The molecule has 1 N–H and O–H groups in total. The molecule has 0 spiro atoms. The van der Waals surface area contributed by atoms with Gasteiger partial charge in [0.1, 0.15) is 0 Å². The van der Waals surface area contributed by atoms with Gasteiger partial charge in [-0.3, -0.25) is 4.98 Å². The fourth-order valence-electron chi connectivity index (χ4n) is 1.48. The molecule has 0 radical (unpaired) electrons. The highest BCUT2D eigenvalue weighted by Crippen LogP contribution is 2.18. The Kier molecular flexibility index (Phi) is 3.98. The van der Waals surface area contributed by atoms with Crippen molar-refractivity contribution in [2.75, 3.05) is 11.1 Å². The first-order chi connectivity index (χ1) is 8.62. The molecule has 0 aliphatic rings. The summed E-state index contributed by atoms with van der Waals surface area (Å²) in [5.74, 6) is 0.116. The molecule has 1 aromatic heterocycles. The maximum atomic E-state index is 11.8. The normalized spacial score (nSPS) is 11.4. The summed E-state index contributed by atoms with van der Waals surface area (Å²) in [5, 5.41) is 3.19. The third kappa shape index (κ3) is 3.08. The second kappa shape index (κ2) is 5.49. The summed E-state index contributed by atoms with van der Waals surface area (Å²) < 4.78 is 23.5. The number of sulfone groups is 1. The van der Waals surface area contributed by atoms with Crippen molar-refractivity contribution in [1.82, 2.24) is 4.98 Å². The van der Waals surface area contributed by atoms with Crippen LogP contribution in [0.25, 0.3) is 0 Å². The Morgan fingerprint density at radius 2 is 2.22 bits per heavy atom. The van der Waals surface area contributed by atoms with Gasteiger partial charge in [-0.05, 0) is 18.2 Å². The van der Waals surface area contributed by atoms with E-state index in [0.717, 1.165) is 10.6 Å². The average Bonchev–Trinajstić information content (AvgIpc) is 2.90. The molecule has 0 aliphatic carbocycles. The third-order valence-corrected chi connectivity index (χ3v) is 5.04. The van der Waals surface area contributed by atoms with Crippen LogP contribution < -0.4 is 5.32 Å². The lowest BCUT2D eigenvalue weighted by Gasteiger charge is -2.07. The van der Waals surface area contributed by atoms with Crippen molar-refractivity contribution in [2.45, 2.75) is 18.4 Å². The van der Waals surface area contributed by atoms with E-state index in [-0.39, 0.29) is 5.75 Å². The molecule has 96 valence electrons. The van der Waals surface area contributed by atoms with Crippen LogP contribution in [-0.4, -0.2) is 19.2 Å². The highest BCUT2D eigenvalue weighted by atomic mass is 32.2. The van der Waals surface area contributed by atoms with Gasteiger partial charge in [0.2, 0.25) is 0 Å². The Labute approximate surface area is 111 Å². The fourth-order valence-corrected chi connectivity index (χ4v) is 2.94. The molecule has 2 rings (SSSR count). The van der Waals surface area contributed by atoms with Gasteiger partial charge >= 0.3 is 0 Å². The maximum Gasteiger partial charge on any atom is 0.178 e. The molecule has 0 saturated heterocycles. The number of anilines is 1. The molecule has 0 saturated carbocycles. The van der Waals surface area contributed by atoms with Gasteiger partial charge in [0.05, 0.1) is 22.7 Å². The van der Waals surface area contributed by atoms with Gasteiger partial charge in [-0.25, -0.2) is 8.42 Å². The molecule has 2 aromatic rings. The zero-order chi connectivity index (χ0) is 13.0. The van der Waals surface area contributed by atoms with Crippen molar-refractivity contribution in [3.05, 3.63) is 40.8 Å². The van der Waals surface area contributed by atoms with Crippen LogP contribution in [0.3, 0.4) is 0 Å². The number of benzene rings is 1. The lowest BCUT2D eigenvalue weighted by atomic mass is 10.3. The molecule has 0 aliphatic heterocycles. The molecule has 0 fully saturated rings. The predicted molar refractivity (Wildman–Crippen MR) is 73.6 cm³/mol. The summed E-state index contributed by atoms with van der Waals surface area (Å²) in [6.45, 7) is 2.30. The van der Waals surface area contributed by atoms with Gasteiger partial charge in [0.15, 0.2) is 9.84 Å². The Hall–Kier alpha value is -1.40. The van der Waals surface area contributed by atoms with E-state index >= 15 is 0 Å². The largest absolute Gasteiger partial charge is 0.380 e. The van der Waals surface area contributed by atoms with E-state index in [9.17, 15) is 8.42 Å². The molecule has 0 amide bonds. The Balaban J connectivity index is 2.13. The first-order valence-electron chi connectivity index (χ1n) is 5.56. The predicted octanol–water partition coefficient (Wildman–Crippen LogP) is 2.55. The van der Waals surface area contributed by atoms with Gasteiger partial charge in [-0.1, -0.05) is 13.0 Å². The number of nitrogens with one attached hydrogen (secondary N) is 1. The van der Waals surface area contributed by atoms with E-state index in [0.29, 0.717) is 11.4 Å². The van der Waals surface area contributed by atoms with Crippen LogP contribution in [0.4, 0.5) is 5.69 Å². The zero-order valence-electron chi connectivity index (χ0n) is 9.96. The Bertz CT molecular complexity index is 607. The number of rotatable bonds is 5. The van der Waals surface area contributed by atoms with Crippen LogP contribution in [0.2, 0.25) is 0 Å². The van der Waals surface area contributed by atoms with E-state index in [2.05, 4.69) is 10.3 Å². The number of hydrogen-bond acceptors (Lipinski definition) is 5. The molecule has 18 heavy (non-hydrogen) atoms. The smallest absolute Gasteiger partial charge is 0.178 e. The molecule has 0 atom stereocenters. The second-order valence-corrected chi connectivity index (χ2v) is 7.00. The van der Waals surface area contributed by atoms with Crippen molar-refractivity contribution in [2.24, 2.45) is 0 Å². The molecule has 1 heterocycles. The van der Waals surface area contributed by atoms with Crippen LogP contribution in [0, 0.1) is 0 Å². The minimum absolute atomic E-state index is 0.116. The Morgan fingerprint density at radius 1 is 1.39 bits per heavy atom. The molecular weight excluding hydrogens is 268 g/mol. The molecule has 1 aromatic carbocycles. The van der Waals surface area contributed by atoms with Gasteiger partial charge in [-0.15, -0.1) is 11.3 Å². The van der Waals surface area contributed by atoms with E-state index in [1.54, 1.807) is 48.2 Å². The highest BCUT2D eigenvalue weighted by Gasteiger charge is 2.11. The number of aromatic nitrogens is 1. The minimum atomic E-state index is -3.14. The average molecular weight is 282 g/mol. The fraction of sp³-hybridized carbons (Fsp3) is 0.250. The van der Waals surface area contributed by atoms with Crippen LogP contribution >= 0.6 is 11.3 Å². The Morgan fingerprint density at radius 3 is 2.89 bits per heavy atom. The van der Waals surface area contributed by atoms with E-state index in [4.69, 9.17) is 0 Å². The monoisotopic (exact) mass is 282 g/mol. The van der Waals surface area contributed by atoms with Crippen molar-refractivity contribution >= 4 is 26.9 Å². The van der Waals surface area contributed by atoms with Crippen molar-refractivity contribution in [3.63, 3.8) is 0 Å². The number of nitrogens with zero attached hydrogens (tertiary/aromatic N) is 1. The van der Waals surface area contributed by atoms with Gasteiger partial charge in [0, 0.05) is 16.8 Å². The molecule has 4 nitrogen and oxygen atoms in total. The summed E-state index contributed by atoms with van der Waals surface area (Å²) in [7, 11) is -3.14. The van der Waals surface area contributed by atoms with Crippen LogP contribution in [0.15, 0.2) is 40.9 Å². The lowest BCUT2D eigenvalue weighted by Crippen LogP contribution is -2.05. The molecule has 0 unspecified atom stereocenters. The standard InChI is InChI=1S/C12H14N2O2S2/c1-2-18(15,16)12-5-3-4-10(6-12)14-8-11-7-13-9-17-11/h3-7,9,14H,2,8H2,1H3.